The van der Waals surface area contributed by atoms with E-state index < -0.39 is 0 Å². The van der Waals surface area contributed by atoms with Crippen LogP contribution in [0.4, 0.5) is 0 Å². The SMILES string of the molecule is OC1CC2CCCC2C1.[NaH]. The van der Waals surface area contributed by atoms with Crippen molar-refractivity contribution in [2.24, 2.45) is 11.8 Å². The molecule has 0 aromatic carbocycles. The van der Waals surface area contributed by atoms with E-state index >= 15 is 0 Å². The van der Waals surface area contributed by atoms with Gasteiger partial charge in [0.05, 0.1) is 6.10 Å². The van der Waals surface area contributed by atoms with Gasteiger partial charge in [-0.3, -0.25) is 0 Å². The summed E-state index contributed by atoms with van der Waals surface area (Å²) in [6, 6.07) is 0. The third-order valence-electron chi connectivity index (χ3n) is 2.97. The molecule has 0 aromatic rings. The summed E-state index contributed by atoms with van der Waals surface area (Å²) < 4.78 is 0. The van der Waals surface area contributed by atoms with Crippen LogP contribution in [0.25, 0.3) is 0 Å². The molecule has 1 nitrogen and oxygen atoms in total. The van der Waals surface area contributed by atoms with Gasteiger partial charge in [0.1, 0.15) is 0 Å². The van der Waals surface area contributed by atoms with Crippen molar-refractivity contribution in [3.63, 3.8) is 0 Å². The number of aliphatic hydroxyl groups is 1. The van der Waals surface area contributed by atoms with E-state index in [9.17, 15) is 5.11 Å². The molecule has 2 saturated carbocycles. The van der Waals surface area contributed by atoms with Crippen LogP contribution >= 0.6 is 0 Å². The number of hydrogen-bond donors (Lipinski definition) is 1. The van der Waals surface area contributed by atoms with Crippen LogP contribution in [-0.2, 0) is 0 Å². The molecule has 1 N–H and O–H groups in total. The zero-order chi connectivity index (χ0) is 6.27. The van der Waals surface area contributed by atoms with Crippen LogP contribution in [0.3, 0.4) is 0 Å². The molecule has 2 heteroatoms. The normalized spacial score (nSPS) is 44.7. The summed E-state index contributed by atoms with van der Waals surface area (Å²) in [6.45, 7) is 0. The Morgan fingerprint density at radius 3 is 2.00 bits per heavy atom. The van der Waals surface area contributed by atoms with Crippen LogP contribution in [0, 0.1) is 11.8 Å². The van der Waals surface area contributed by atoms with Gasteiger partial charge in [-0.15, -0.1) is 0 Å². The Hall–Kier alpha value is 0.960. The Balaban J connectivity index is 0.000000500. The molecule has 0 spiro atoms. The summed E-state index contributed by atoms with van der Waals surface area (Å²) in [5.41, 5.74) is 0. The van der Waals surface area contributed by atoms with Crippen molar-refractivity contribution in [1.29, 1.82) is 0 Å². The van der Waals surface area contributed by atoms with Gasteiger partial charge in [-0.2, -0.15) is 0 Å². The van der Waals surface area contributed by atoms with Crippen molar-refractivity contribution in [3.8, 4) is 0 Å². The molecule has 0 saturated heterocycles. The van der Waals surface area contributed by atoms with Crippen molar-refractivity contribution in [2.75, 3.05) is 0 Å². The molecule has 0 bridgehead atoms. The van der Waals surface area contributed by atoms with Gasteiger partial charge in [0.25, 0.3) is 0 Å². The third kappa shape index (κ3) is 1.58. The zero-order valence-electron chi connectivity index (χ0n) is 5.71. The molecule has 2 rings (SSSR count). The van der Waals surface area contributed by atoms with E-state index in [4.69, 9.17) is 0 Å². The van der Waals surface area contributed by atoms with Crippen molar-refractivity contribution < 1.29 is 5.11 Å². The van der Waals surface area contributed by atoms with Gasteiger partial charge < -0.3 is 5.11 Å². The summed E-state index contributed by atoms with van der Waals surface area (Å²) in [4.78, 5) is 0. The van der Waals surface area contributed by atoms with E-state index in [2.05, 4.69) is 0 Å². The topological polar surface area (TPSA) is 20.2 Å². The van der Waals surface area contributed by atoms with Crippen molar-refractivity contribution >= 4 is 29.6 Å². The maximum absolute atomic E-state index is 9.24. The minimum absolute atomic E-state index is 0. The molecule has 0 radical (unpaired) electrons. The van der Waals surface area contributed by atoms with Gasteiger partial charge in [0, 0.05) is 0 Å². The average molecular weight is 150 g/mol. The molecule has 0 heterocycles. The number of fused-ring (bicyclic) bond motifs is 1. The first-order chi connectivity index (χ1) is 4.36. The van der Waals surface area contributed by atoms with E-state index in [-0.39, 0.29) is 35.7 Å². The van der Waals surface area contributed by atoms with E-state index in [1.165, 1.54) is 19.3 Å². The molecular formula is C8H15NaO. The Kier molecular flexibility index (Phi) is 3.23. The summed E-state index contributed by atoms with van der Waals surface area (Å²) in [5, 5.41) is 9.24. The number of hydrogen-bond acceptors (Lipinski definition) is 1. The summed E-state index contributed by atoms with van der Waals surface area (Å²) in [7, 11) is 0. The molecule has 2 fully saturated rings. The standard InChI is InChI=1S/C8H14O.Na.H/c9-8-4-6-2-1-3-7(6)5-8;;/h6-9H,1-5H2;;. The summed E-state index contributed by atoms with van der Waals surface area (Å²) >= 11 is 0. The van der Waals surface area contributed by atoms with Crippen LogP contribution in [0.5, 0.6) is 0 Å². The van der Waals surface area contributed by atoms with Crippen LogP contribution in [-0.4, -0.2) is 40.8 Å². The fourth-order valence-electron chi connectivity index (χ4n) is 2.53. The second-order valence-electron chi connectivity index (χ2n) is 3.58. The van der Waals surface area contributed by atoms with Crippen LogP contribution < -0.4 is 0 Å². The van der Waals surface area contributed by atoms with Gasteiger partial charge in [-0.1, -0.05) is 19.3 Å². The third-order valence-corrected chi connectivity index (χ3v) is 2.97. The molecule has 0 aromatic heterocycles. The van der Waals surface area contributed by atoms with Gasteiger partial charge in [-0.25, -0.2) is 0 Å². The molecular weight excluding hydrogens is 135 g/mol. The van der Waals surface area contributed by atoms with Gasteiger partial charge in [-0.05, 0) is 24.7 Å². The molecule has 2 aliphatic carbocycles. The van der Waals surface area contributed by atoms with Gasteiger partial charge in [0.2, 0.25) is 0 Å². The second-order valence-corrected chi connectivity index (χ2v) is 3.58. The van der Waals surface area contributed by atoms with E-state index in [1.54, 1.807) is 0 Å². The van der Waals surface area contributed by atoms with Gasteiger partial charge >= 0.3 is 29.6 Å². The quantitative estimate of drug-likeness (QED) is 0.509. The Labute approximate surface area is 84.5 Å². The van der Waals surface area contributed by atoms with Crippen LogP contribution in [0.1, 0.15) is 32.1 Å². The van der Waals surface area contributed by atoms with Crippen molar-refractivity contribution in [3.05, 3.63) is 0 Å². The Morgan fingerprint density at radius 1 is 1.00 bits per heavy atom. The zero-order valence-corrected chi connectivity index (χ0v) is 5.71. The van der Waals surface area contributed by atoms with E-state index in [0.29, 0.717) is 0 Å². The molecule has 10 heavy (non-hydrogen) atoms. The van der Waals surface area contributed by atoms with E-state index in [0.717, 1.165) is 24.7 Å². The molecule has 54 valence electrons. The second kappa shape index (κ2) is 3.57. The molecule has 0 amide bonds. The van der Waals surface area contributed by atoms with Crippen LogP contribution in [0.15, 0.2) is 0 Å². The number of rotatable bonds is 0. The van der Waals surface area contributed by atoms with Crippen molar-refractivity contribution in [1.82, 2.24) is 0 Å². The number of aliphatic hydroxyl groups excluding tert-OH is 1. The average Bonchev–Trinajstić information content (AvgIpc) is 2.22. The summed E-state index contributed by atoms with van der Waals surface area (Å²) in [5.74, 6) is 1.81. The van der Waals surface area contributed by atoms with Gasteiger partial charge in [0.15, 0.2) is 0 Å². The van der Waals surface area contributed by atoms with Crippen LogP contribution in [0.2, 0.25) is 0 Å². The first-order valence-corrected chi connectivity index (χ1v) is 4.04. The predicted octanol–water partition coefficient (Wildman–Crippen LogP) is 0.909. The Bertz CT molecular complexity index is 104. The first-order valence-electron chi connectivity index (χ1n) is 4.04. The maximum atomic E-state index is 9.24. The van der Waals surface area contributed by atoms with E-state index in [1.807, 2.05) is 0 Å². The molecule has 2 unspecified atom stereocenters. The van der Waals surface area contributed by atoms with Crippen molar-refractivity contribution in [2.45, 2.75) is 38.2 Å². The fourth-order valence-corrected chi connectivity index (χ4v) is 2.53. The molecule has 2 atom stereocenters. The predicted molar refractivity (Wildman–Crippen MR) is 43.2 cm³/mol. The first kappa shape index (κ1) is 9.05. The summed E-state index contributed by atoms with van der Waals surface area (Å²) in [6.07, 6.45) is 6.46. The Morgan fingerprint density at radius 2 is 1.50 bits per heavy atom. The fraction of sp³-hybridized carbons (Fsp3) is 1.00. The molecule has 0 aliphatic heterocycles. The minimum atomic E-state index is 0. The molecule has 2 aliphatic rings. The monoisotopic (exact) mass is 150 g/mol.